The maximum absolute atomic E-state index is 11.5. The molecular formula is C14H21NO3. The average Bonchev–Trinajstić information content (AvgIpc) is 2.39. The number of benzene rings is 1. The maximum Gasteiger partial charge on any atom is 0.322 e. The second kappa shape index (κ2) is 7.01. The minimum Gasteiger partial charge on any atom is -0.497 e. The van der Waals surface area contributed by atoms with Gasteiger partial charge in [0.2, 0.25) is 0 Å². The van der Waals surface area contributed by atoms with Gasteiger partial charge in [-0.1, -0.05) is 12.1 Å². The van der Waals surface area contributed by atoms with E-state index in [9.17, 15) is 4.79 Å². The third-order valence-corrected chi connectivity index (χ3v) is 2.76. The van der Waals surface area contributed by atoms with Crippen LogP contribution < -0.4 is 10.1 Å². The number of ether oxygens (including phenoxy) is 2. The Morgan fingerprint density at radius 3 is 2.39 bits per heavy atom. The van der Waals surface area contributed by atoms with Crippen molar-refractivity contribution in [3.63, 3.8) is 0 Å². The molecular weight excluding hydrogens is 230 g/mol. The third-order valence-electron chi connectivity index (χ3n) is 2.76. The summed E-state index contributed by atoms with van der Waals surface area (Å²) in [6.07, 6.45) is 0. The highest BCUT2D eigenvalue weighted by atomic mass is 16.5. The first-order valence-corrected chi connectivity index (χ1v) is 6.15. The van der Waals surface area contributed by atoms with Gasteiger partial charge in [0.25, 0.3) is 0 Å². The van der Waals surface area contributed by atoms with E-state index in [0.717, 1.165) is 11.3 Å². The van der Waals surface area contributed by atoms with E-state index in [4.69, 9.17) is 9.47 Å². The van der Waals surface area contributed by atoms with Crippen LogP contribution in [-0.4, -0.2) is 25.7 Å². The molecule has 0 bridgehead atoms. The second-order valence-electron chi connectivity index (χ2n) is 4.14. The van der Waals surface area contributed by atoms with Crippen LogP contribution >= 0.6 is 0 Å². The first-order chi connectivity index (χ1) is 8.58. The lowest BCUT2D eigenvalue weighted by atomic mass is 10.1. The molecule has 0 aromatic heterocycles. The second-order valence-corrected chi connectivity index (χ2v) is 4.14. The summed E-state index contributed by atoms with van der Waals surface area (Å²) in [5.74, 6) is 0.599. The van der Waals surface area contributed by atoms with Crippen LogP contribution in [0.4, 0.5) is 0 Å². The minimum absolute atomic E-state index is 0.0790. The van der Waals surface area contributed by atoms with Gasteiger partial charge in [0.15, 0.2) is 0 Å². The maximum atomic E-state index is 11.5. The van der Waals surface area contributed by atoms with Crippen LogP contribution in [0.15, 0.2) is 24.3 Å². The van der Waals surface area contributed by atoms with Gasteiger partial charge >= 0.3 is 5.97 Å². The van der Waals surface area contributed by atoms with Crippen molar-refractivity contribution in [2.45, 2.75) is 32.9 Å². The van der Waals surface area contributed by atoms with E-state index in [1.54, 1.807) is 21.0 Å². The number of nitrogens with one attached hydrogen (secondary N) is 1. The number of methoxy groups -OCH3 is 1. The molecule has 0 heterocycles. The van der Waals surface area contributed by atoms with E-state index in [0.29, 0.717) is 6.61 Å². The van der Waals surface area contributed by atoms with Crippen LogP contribution in [0.5, 0.6) is 5.75 Å². The van der Waals surface area contributed by atoms with Crippen molar-refractivity contribution in [3.05, 3.63) is 29.8 Å². The Kier molecular flexibility index (Phi) is 5.65. The number of hydrogen-bond donors (Lipinski definition) is 1. The molecule has 4 heteroatoms. The monoisotopic (exact) mass is 251 g/mol. The number of hydrogen-bond acceptors (Lipinski definition) is 4. The Bertz CT molecular complexity index is 375. The predicted molar refractivity (Wildman–Crippen MR) is 70.6 cm³/mol. The molecule has 100 valence electrons. The topological polar surface area (TPSA) is 47.6 Å². The quantitative estimate of drug-likeness (QED) is 0.788. The highest BCUT2D eigenvalue weighted by molar-refractivity contribution is 5.75. The van der Waals surface area contributed by atoms with Crippen LogP contribution in [-0.2, 0) is 9.53 Å². The predicted octanol–water partition coefficient (Wildman–Crippen LogP) is 2.30. The number of carbonyl (C=O) groups excluding carboxylic acids is 1. The van der Waals surface area contributed by atoms with E-state index >= 15 is 0 Å². The molecule has 0 spiro atoms. The number of carbonyl (C=O) groups is 1. The zero-order valence-electron chi connectivity index (χ0n) is 11.4. The fourth-order valence-corrected chi connectivity index (χ4v) is 1.70. The Labute approximate surface area is 108 Å². The van der Waals surface area contributed by atoms with Gasteiger partial charge in [-0.3, -0.25) is 10.1 Å². The molecule has 0 fully saturated rings. The van der Waals surface area contributed by atoms with Crippen molar-refractivity contribution < 1.29 is 14.3 Å². The van der Waals surface area contributed by atoms with Crippen LogP contribution in [0.3, 0.4) is 0 Å². The molecule has 0 aliphatic rings. The van der Waals surface area contributed by atoms with Gasteiger partial charge in [-0.15, -0.1) is 0 Å². The van der Waals surface area contributed by atoms with Gasteiger partial charge < -0.3 is 9.47 Å². The molecule has 4 nitrogen and oxygen atoms in total. The first kappa shape index (κ1) is 14.5. The highest BCUT2D eigenvalue weighted by Gasteiger charge is 2.16. The van der Waals surface area contributed by atoms with E-state index < -0.39 is 0 Å². The van der Waals surface area contributed by atoms with E-state index in [-0.39, 0.29) is 18.1 Å². The van der Waals surface area contributed by atoms with Gasteiger partial charge in [-0.2, -0.15) is 0 Å². The lowest BCUT2D eigenvalue weighted by Crippen LogP contribution is -2.37. The standard InChI is InChI=1S/C14H21NO3/c1-5-18-14(16)11(3)15-10(2)12-6-8-13(17-4)9-7-12/h6-11,15H,5H2,1-4H3/t10-,11+/m1/s1. The Hall–Kier alpha value is -1.55. The largest absolute Gasteiger partial charge is 0.497 e. The van der Waals surface area contributed by atoms with Crippen LogP contribution in [0.25, 0.3) is 0 Å². The molecule has 0 saturated heterocycles. The molecule has 1 aromatic carbocycles. The van der Waals surface area contributed by atoms with Crippen molar-refractivity contribution >= 4 is 5.97 Å². The van der Waals surface area contributed by atoms with Crippen LogP contribution in [0.2, 0.25) is 0 Å². The molecule has 18 heavy (non-hydrogen) atoms. The van der Waals surface area contributed by atoms with Crippen molar-refractivity contribution in [1.82, 2.24) is 5.32 Å². The molecule has 0 aliphatic heterocycles. The molecule has 2 atom stereocenters. The van der Waals surface area contributed by atoms with Crippen molar-refractivity contribution in [2.24, 2.45) is 0 Å². The molecule has 1 rings (SSSR count). The van der Waals surface area contributed by atoms with Gasteiger partial charge in [-0.05, 0) is 38.5 Å². The summed E-state index contributed by atoms with van der Waals surface area (Å²) < 4.78 is 10.1. The summed E-state index contributed by atoms with van der Waals surface area (Å²) in [6.45, 7) is 6.02. The van der Waals surface area contributed by atoms with E-state index in [1.807, 2.05) is 31.2 Å². The van der Waals surface area contributed by atoms with Gasteiger partial charge in [0, 0.05) is 6.04 Å². The molecule has 0 saturated carbocycles. The van der Waals surface area contributed by atoms with Crippen LogP contribution in [0, 0.1) is 0 Å². The first-order valence-electron chi connectivity index (χ1n) is 6.15. The zero-order valence-corrected chi connectivity index (χ0v) is 11.4. The van der Waals surface area contributed by atoms with Crippen LogP contribution in [0.1, 0.15) is 32.4 Å². The minimum atomic E-state index is -0.318. The summed E-state index contributed by atoms with van der Waals surface area (Å²) in [6, 6.07) is 7.53. The fourth-order valence-electron chi connectivity index (χ4n) is 1.70. The van der Waals surface area contributed by atoms with Crippen molar-refractivity contribution in [3.8, 4) is 5.75 Å². The highest BCUT2D eigenvalue weighted by Crippen LogP contribution is 2.17. The van der Waals surface area contributed by atoms with Gasteiger partial charge in [0.05, 0.1) is 13.7 Å². The summed E-state index contributed by atoms with van der Waals surface area (Å²) in [5, 5.41) is 3.20. The molecule has 0 radical (unpaired) electrons. The van der Waals surface area contributed by atoms with E-state index in [1.165, 1.54) is 0 Å². The molecule has 0 aliphatic carbocycles. The summed E-state index contributed by atoms with van der Waals surface area (Å²) >= 11 is 0. The Morgan fingerprint density at radius 2 is 1.89 bits per heavy atom. The Morgan fingerprint density at radius 1 is 1.28 bits per heavy atom. The SMILES string of the molecule is CCOC(=O)[C@H](C)N[C@H](C)c1ccc(OC)cc1. The normalized spacial score (nSPS) is 13.8. The van der Waals surface area contributed by atoms with Crippen molar-refractivity contribution in [1.29, 1.82) is 0 Å². The Balaban J connectivity index is 2.58. The summed E-state index contributed by atoms with van der Waals surface area (Å²) in [4.78, 5) is 11.5. The number of esters is 1. The van der Waals surface area contributed by atoms with E-state index in [2.05, 4.69) is 5.32 Å². The summed E-state index contributed by atoms with van der Waals surface area (Å²) in [7, 11) is 1.64. The smallest absolute Gasteiger partial charge is 0.322 e. The molecule has 1 aromatic rings. The third kappa shape index (κ3) is 4.04. The zero-order chi connectivity index (χ0) is 13.5. The number of rotatable bonds is 6. The molecule has 0 unspecified atom stereocenters. The van der Waals surface area contributed by atoms with Gasteiger partial charge in [-0.25, -0.2) is 0 Å². The lowest BCUT2D eigenvalue weighted by Gasteiger charge is -2.19. The average molecular weight is 251 g/mol. The summed E-state index contributed by atoms with van der Waals surface area (Å²) in [5.41, 5.74) is 1.10. The fraction of sp³-hybridized carbons (Fsp3) is 0.500. The van der Waals surface area contributed by atoms with Crippen molar-refractivity contribution in [2.75, 3.05) is 13.7 Å². The lowest BCUT2D eigenvalue weighted by molar-refractivity contribution is -0.145. The van der Waals surface area contributed by atoms with Gasteiger partial charge in [0.1, 0.15) is 11.8 Å². The molecule has 1 N–H and O–H groups in total. The molecule has 0 amide bonds.